The van der Waals surface area contributed by atoms with Gasteiger partial charge in [-0.25, -0.2) is 0 Å². The van der Waals surface area contributed by atoms with Crippen LogP contribution in [0.15, 0.2) is 0 Å². The van der Waals surface area contributed by atoms with Crippen molar-refractivity contribution in [1.29, 1.82) is 0 Å². The molecule has 0 radical (unpaired) electrons. The van der Waals surface area contributed by atoms with Crippen molar-refractivity contribution in [1.82, 2.24) is 25.8 Å². The summed E-state index contributed by atoms with van der Waals surface area (Å²) in [6.45, 7) is 33.0. The average Bonchev–Trinajstić information content (AvgIpc) is 0.986. The molecule has 10 atom stereocenters. The Morgan fingerprint density at radius 2 is 0.587 bits per heavy atom. The Balaban J connectivity index is -0.000000251. The number of nitrogens with zero attached hydrogens (tertiary/aromatic N) is 2. The molecule has 0 aliphatic rings. The second kappa shape index (κ2) is 57.7. The second-order valence-corrected chi connectivity index (χ2v) is 28.8. The van der Waals surface area contributed by atoms with E-state index in [1.165, 1.54) is 34.6 Å². The third-order valence-electron chi connectivity index (χ3n) is 11.7. The lowest BCUT2D eigenvalue weighted by atomic mass is 10.1. The predicted molar refractivity (Wildman–Crippen MR) is 347 cm³/mol. The molecular formula is C47H111N5O30P10+10. The average molecular weight is 1540 g/mol. The molecule has 0 aromatic carbocycles. The minimum Gasteiger partial charge on any atom is -0.315 e. The fourth-order valence-corrected chi connectivity index (χ4v) is 12.0. The van der Waals surface area contributed by atoms with E-state index >= 15 is 0 Å². The first-order valence-electron chi connectivity index (χ1n) is 28.8. The smallest absolute Gasteiger partial charge is 0.315 e. The van der Waals surface area contributed by atoms with Crippen LogP contribution in [0.1, 0.15) is 202 Å². The first kappa shape index (κ1) is 103. The molecule has 544 valence electrons. The van der Waals surface area contributed by atoms with Gasteiger partial charge in [-0.1, -0.05) is 127 Å². The van der Waals surface area contributed by atoms with Crippen molar-refractivity contribution in [3.63, 3.8) is 0 Å². The third-order valence-corrected chi connectivity index (χ3v) is 17.2. The number of hydrogen-bond donors (Lipinski definition) is 13. The molecule has 0 aliphatic heterocycles. The highest BCUT2D eigenvalue weighted by atomic mass is 31.2. The van der Waals surface area contributed by atoms with Crippen molar-refractivity contribution in [2.24, 2.45) is 0 Å². The summed E-state index contributed by atoms with van der Waals surface area (Å²) in [4.78, 5) is 91.3. The highest BCUT2D eigenvalue weighted by Crippen LogP contribution is 2.41. The fraction of sp³-hybridized carbons (Fsp3) is 1.00. The van der Waals surface area contributed by atoms with Gasteiger partial charge >= 0.3 is 82.5 Å². The van der Waals surface area contributed by atoms with Crippen molar-refractivity contribution in [3.8, 4) is 0 Å². The third kappa shape index (κ3) is 69.9. The van der Waals surface area contributed by atoms with Crippen LogP contribution in [0, 0.1) is 0 Å². The summed E-state index contributed by atoms with van der Waals surface area (Å²) >= 11 is 0. The molecule has 0 bridgehead atoms. The van der Waals surface area contributed by atoms with E-state index in [2.05, 4.69) is 82.6 Å². The van der Waals surface area contributed by atoms with Gasteiger partial charge < -0.3 is 25.8 Å². The van der Waals surface area contributed by atoms with Gasteiger partial charge in [0.2, 0.25) is 0 Å². The Morgan fingerprint density at radius 3 is 0.870 bits per heavy atom. The molecule has 0 aliphatic carbocycles. The highest BCUT2D eigenvalue weighted by Gasteiger charge is 2.49. The number of nitrogens with one attached hydrogen (secondary N) is 3. The summed E-state index contributed by atoms with van der Waals surface area (Å²) in [6.07, 6.45) is 8.66. The van der Waals surface area contributed by atoms with E-state index in [9.17, 15) is 45.7 Å². The van der Waals surface area contributed by atoms with Crippen molar-refractivity contribution in [2.75, 3.05) is 46.3 Å². The van der Waals surface area contributed by atoms with Gasteiger partial charge in [0.1, 0.15) is 0 Å². The summed E-state index contributed by atoms with van der Waals surface area (Å²) in [7, 11) is -27.1. The summed E-state index contributed by atoms with van der Waals surface area (Å²) < 4.78 is 153. The quantitative estimate of drug-likeness (QED) is 0.0153. The monoisotopic (exact) mass is 1540 g/mol. The maximum Gasteiger partial charge on any atom is 0.697 e. The lowest BCUT2D eigenvalue weighted by molar-refractivity contribution is -0.110. The Bertz CT molecular complexity index is 2050. The van der Waals surface area contributed by atoms with E-state index < -0.39 is 111 Å². The van der Waals surface area contributed by atoms with E-state index in [-0.39, 0.29) is 51.6 Å². The summed E-state index contributed by atoms with van der Waals surface area (Å²) in [5.41, 5.74) is 0. The normalized spacial score (nSPS) is 16.5. The minimum atomic E-state index is -2.91. The van der Waals surface area contributed by atoms with Gasteiger partial charge in [0.15, 0.2) is 0 Å². The van der Waals surface area contributed by atoms with Crippen LogP contribution in [-0.2, 0) is 90.9 Å². The van der Waals surface area contributed by atoms with E-state index in [0.29, 0.717) is 57.1 Å². The van der Waals surface area contributed by atoms with Crippen LogP contribution >= 0.6 is 82.5 Å². The van der Waals surface area contributed by atoms with Gasteiger partial charge in [-0.2, -0.15) is 0 Å². The lowest BCUT2D eigenvalue weighted by Gasteiger charge is -2.28. The largest absolute Gasteiger partial charge is 0.697 e. The van der Waals surface area contributed by atoms with Gasteiger partial charge in [-0.15, -0.1) is 48.9 Å². The van der Waals surface area contributed by atoms with Crippen LogP contribution in [0.2, 0.25) is 0 Å². The van der Waals surface area contributed by atoms with Crippen molar-refractivity contribution >= 4 is 82.5 Å². The van der Waals surface area contributed by atoms with Crippen LogP contribution in [0.5, 0.6) is 0 Å². The van der Waals surface area contributed by atoms with Crippen molar-refractivity contribution in [3.05, 3.63) is 0 Å². The molecule has 0 saturated heterocycles. The Morgan fingerprint density at radius 1 is 0.326 bits per heavy atom. The highest BCUT2D eigenvalue weighted by molar-refractivity contribution is 7.34. The summed E-state index contributed by atoms with van der Waals surface area (Å²) in [5, 5.41) is 9.49. The Kier molecular flexibility index (Phi) is 64.6. The molecule has 0 aromatic heterocycles. The van der Waals surface area contributed by atoms with Crippen LogP contribution in [-0.4, -0.2) is 164 Å². The van der Waals surface area contributed by atoms with E-state index in [1.54, 1.807) is 0 Å². The molecule has 0 amide bonds. The summed E-state index contributed by atoms with van der Waals surface area (Å²) in [5.74, 6) is -7.67. The zero-order chi connectivity index (χ0) is 71.9. The van der Waals surface area contributed by atoms with E-state index in [4.69, 9.17) is 67.0 Å². The zero-order valence-electron chi connectivity index (χ0n) is 55.3. The van der Waals surface area contributed by atoms with Crippen molar-refractivity contribution in [2.45, 2.75) is 261 Å². The molecule has 0 saturated carbocycles. The van der Waals surface area contributed by atoms with Gasteiger partial charge in [0, 0.05) is 128 Å². The van der Waals surface area contributed by atoms with Crippen LogP contribution in [0.25, 0.3) is 0 Å². The summed E-state index contributed by atoms with van der Waals surface area (Å²) in [6, 6.07) is 1.62. The molecule has 92 heavy (non-hydrogen) atoms. The van der Waals surface area contributed by atoms with Gasteiger partial charge in [0.05, 0.1) is 0 Å². The topological polar surface area (TPSA) is 508 Å². The van der Waals surface area contributed by atoms with E-state index in [0.717, 1.165) is 51.6 Å². The molecule has 35 nitrogen and oxygen atoms in total. The van der Waals surface area contributed by atoms with Crippen molar-refractivity contribution < 1.29 is 140 Å². The first-order valence-corrected chi connectivity index (χ1v) is 40.1. The molecule has 13 N–H and O–H groups in total. The molecule has 0 spiro atoms. The number of unbranched alkanes of at least 4 members (excludes halogenated alkanes) is 5. The first-order chi connectivity index (χ1) is 41.6. The second-order valence-electron chi connectivity index (χ2n) is 22.2. The van der Waals surface area contributed by atoms with Crippen LogP contribution in [0.3, 0.4) is 0 Å². The Labute approximate surface area is 553 Å². The molecule has 0 rings (SSSR count). The van der Waals surface area contributed by atoms with Crippen LogP contribution in [0.4, 0.5) is 0 Å². The molecule has 0 fully saturated rings. The molecular weight excluding hydrogens is 1420 g/mol. The maximum atomic E-state index is 10.8. The number of hydrogen-bond acceptors (Lipinski definition) is 25. The number of rotatable bonds is 49. The SMILES string of the molecule is C.CC(C)N(C)CCC(C)(O[P+](=O)O)O[P+](=O)O.CC(C)NCCC(C)(O[P+](=O)O)O[P+](=O)O.CC(C)NCCCC(C)(O[P+](=O)O)O[P+](=O)O.CC(C)NCCCCCCC(C)(O[P+](=O)O)O[P+](=O)O.CCCCCN(CCC(C)(O[P+](=O)O)O[P+](=O)O)C(C)C. The molecule has 0 heterocycles. The van der Waals surface area contributed by atoms with E-state index in [1.807, 2.05) is 53.5 Å². The fourth-order valence-electron chi connectivity index (χ4n) is 7.07. The standard InChI is InChI=1S/C12H25NO6P2.C11H23NO6P2.2C8H17NO6P2.C7H15NO6P2.CH4/c1-5-6-7-9-13(11(2)3)10-8-12(4,18-20(14)15)19-21(16)17;1-10(2)12-9-7-5-4-6-8-11(3,17-19(13)14)18-20(15)16;1-7(2)9(4)6-5-8(3,14-16(10)11)15-17(12)13;1-7(2)9-6-4-5-8(3,14-16(10)11)15-17(12)13;1-6(2)8-5-4-7(3,13-15(9)10)14-16(11)12;/h11H,5-10H2,1-4H3;10,12H,4-9H2,1-3H3;7H,5-6H2,1-4H3;7,9H,4-6H2,1-3H3;6,8H,4-5H2,1-3H3;1H4/p+10. The lowest BCUT2D eigenvalue weighted by Crippen LogP contribution is -2.38. The molecule has 0 aromatic rings. The predicted octanol–water partition coefficient (Wildman–Crippen LogP) is 11.9. The van der Waals surface area contributed by atoms with Crippen LogP contribution < -0.4 is 16.0 Å². The minimum absolute atomic E-state index is 0. The van der Waals surface area contributed by atoms with Gasteiger partial charge in [-0.05, 0) is 115 Å². The molecule has 10 unspecified atom stereocenters. The van der Waals surface area contributed by atoms with Gasteiger partial charge in [-0.3, -0.25) is 0 Å². The maximum absolute atomic E-state index is 10.8. The Hall–Kier alpha value is -0.000000000000000298. The zero-order valence-corrected chi connectivity index (χ0v) is 64.3. The van der Waals surface area contributed by atoms with Gasteiger partial charge in [0.25, 0.3) is 28.9 Å². The molecule has 45 heteroatoms.